The molecule has 2 aliphatic rings. The second kappa shape index (κ2) is 17.2. The van der Waals surface area contributed by atoms with Crippen LogP contribution in [0.1, 0.15) is 25.7 Å². The summed E-state index contributed by atoms with van der Waals surface area (Å²) in [7, 11) is -9.88. The predicted octanol–water partition coefficient (Wildman–Crippen LogP) is -0.985. The molecule has 2 rings (SSSR count). The Bertz CT molecular complexity index is 972. The molecule has 0 saturated carbocycles. The van der Waals surface area contributed by atoms with E-state index in [1.807, 2.05) is 0 Å². The van der Waals surface area contributed by atoms with Crippen molar-refractivity contribution in [2.75, 3.05) is 91.7 Å². The average molecular weight is 607 g/mol. The molecule has 0 aromatic rings. The number of quaternary nitrogens is 1. The Hall–Kier alpha value is -0.440. The van der Waals surface area contributed by atoms with Crippen LogP contribution in [-0.2, 0) is 53.0 Å². The van der Waals surface area contributed by atoms with E-state index in [2.05, 4.69) is 27.4 Å². The zero-order chi connectivity index (χ0) is 28.7. The third-order valence-corrected chi connectivity index (χ3v) is 6.37. The lowest BCUT2D eigenvalue weighted by molar-refractivity contribution is -0.897. The van der Waals surface area contributed by atoms with E-state index in [9.17, 15) is 25.3 Å². The van der Waals surface area contributed by atoms with Crippen molar-refractivity contribution in [2.45, 2.75) is 25.7 Å². The predicted molar refractivity (Wildman–Crippen MR) is 135 cm³/mol. The summed E-state index contributed by atoms with van der Waals surface area (Å²) in [6.07, 6.45) is 8.75. The van der Waals surface area contributed by atoms with Crippen LogP contribution in [0.3, 0.4) is 0 Å². The maximum Gasteiger partial charge on any atom is 0.264 e. The summed E-state index contributed by atoms with van der Waals surface area (Å²) in [5.41, 5.74) is 0. The Morgan fingerprint density at radius 1 is 0.667 bits per heavy atom. The lowest BCUT2D eigenvalue weighted by atomic mass is 10.4. The normalized spacial score (nSPS) is 18.2. The number of nitrogens with zero attached hydrogens (tertiary/aromatic N) is 2. The Kier molecular flexibility index (Phi) is 18.0. The van der Waals surface area contributed by atoms with E-state index in [-0.39, 0.29) is 13.2 Å². The topological polar surface area (TPSA) is 191 Å². The number of hydrogen-bond acceptors (Lipinski definition) is 13. The molecule has 0 radical (unpaired) electrons. The molecule has 2 saturated heterocycles. The lowest BCUT2D eigenvalue weighted by Crippen LogP contribution is -2.43. The summed E-state index contributed by atoms with van der Waals surface area (Å²) < 4.78 is 104. The maximum atomic E-state index is 10.7. The van der Waals surface area contributed by atoms with Gasteiger partial charge in [0, 0.05) is 19.1 Å². The smallest absolute Gasteiger partial charge is 0.264 e. The first-order valence-corrected chi connectivity index (χ1v) is 18.2. The molecule has 0 N–H and O–H groups in total. The van der Waals surface area contributed by atoms with Crippen molar-refractivity contribution in [3.05, 3.63) is 0 Å². The van der Waals surface area contributed by atoms with E-state index < -0.39 is 40.5 Å². The van der Waals surface area contributed by atoms with Crippen molar-refractivity contribution in [3.8, 4) is 0 Å². The van der Waals surface area contributed by atoms with E-state index >= 15 is 0 Å². The molecule has 0 atom stereocenters. The minimum absolute atomic E-state index is 0.300. The molecule has 0 amide bonds. The molecule has 2 aliphatic heterocycles. The van der Waals surface area contributed by atoms with E-state index in [0.29, 0.717) is 12.9 Å². The Labute approximate surface area is 217 Å². The van der Waals surface area contributed by atoms with Crippen molar-refractivity contribution in [1.29, 1.82) is 0 Å². The first-order valence-electron chi connectivity index (χ1n) is 11.0. The summed E-state index contributed by atoms with van der Waals surface area (Å²) in [6.45, 7) is 5.44. The molecule has 14 nitrogen and oxygen atoms in total. The van der Waals surface area contributed by atoms with Crippen molar-refractivity contribution in [3.63, 3.8) is 0 Å². The van der Waals surface area contributed by atoms with Crippen LogP contribution in [-0.4, -0.2) is 139 Å². The van der Waals surface area contributed by atoms with E-state index in [0.717, 1.165) is 42.9 Å². The van der Waals surface area contributed by atoms with Gasteiger partial charge in [-0.3, -0.25) is 12.5 Å². The molecule has 0 aromatic heterocycles. The van der Waals surface area contributed by atoms with E-state index in [1.54, 1.807) is 0 Å². The quantitative estimate of drug-likeness (QED) is 0.135. The summed E-state index contributed by atoms with van der Waals surface area (Å²) in [6, 6.07) is 0. The van der Waals surface area contributed by atoms with Gasteiger partial charge in [0.25, 0.3) is 30.4 Å². The Morgan fingerprint density at radius 3 is 1.22 bits per heavy atom. The minimum atomic E-state index is -3.92. The lowest BCUT2D eigenvalue weighted by Gasteiger charge is -2.28. The molecular weight excluding hydrogens is 564 g/mol. The number of rotatable bonds is 9. The molecule has 0 unspecified atom stereocenters. The van der Waals surface area contributed by atoms with Gasteiger partial charge in [-0.2, -0.15) is 25.3 Å². The van der Waals surface area contributed by atoms with Crippen LogP contribution in [0, 0.1) is 0 Å². The molecule has 220 valence electrons. The number of hydrogen-bond donors (Lipinski definition) is 0. The minimum Gasteiger partial charge on any atom is -0.748 e. The fraction of sp³-hybridized carbons (Fsp3) is 1.00. The van der Waals surface area contributed by atoms with Crippen molar-refractivity contribution >= 4 is 40.5 Å². The van der Waals surface area contributed by atoms with Crippen LogP contribution >= 0.6 is 0 Å². The SMILES string of the molecule is CN1CCCC1.CS(=O)(=O)OCCOS(C)(=O)=O.CS(=O)(=O)[O-].C[N+]1(CCOS(C)(=O)=O)CCCC1. The van der Waals surface area contributed by atoms with Gasteiger partial charge in [0.15, 0.2) is 0 Å². The standard InChI is InChI=1S/C8H18NO3S.C5H11N.C4H10O6S2.CH4O3S/c1-9(5-3-4-6-9)7-8-12-13(2,10)11;1-6-4-2-3-5-6;1-11(5,6)9-3-4-10-12(2,7)8;1-5(2,3)4/h3-8H2,1-2H3;2-5H2,1H3;3-4H2,1-2H3;1H3,(H,2,3,4)/q+1;;;/p-1. The van der Waals surface area contributed by atoms with Crippen LogP contribution in [0.25, 0.3) is 0 Å². The highest BCUT2D eigenvalue weighted by Gasteiger charge is 2.26. The first kappa shape index (κ1) is 37.7. The van der Waals surface area contributed by atoms with Gasteiger partial charge in [-0.05, 0) is 33.0 Å². The second-order valence-electron chi connectivity index (χ2n) is 8.79. The van der Waals surface area contributed by atoms with Gasteiger partial charge in [0.05, 0.1) is 62.2 Å². The molecule has 36 heavy (non-hydrogen) atoms. The highest BCUT2D eigenvalue weighted by Crippen LogP contribution is 2.15. The highest BCUT2D eigenvalue weighted by molar-refractivity contribution is 7.86. The molecule has 2 fully saturated rings. The number of likely N-dealkylation sites (tertiary alicyclic amines) is 2. The van der Waals surface area contributed by atoms with Gasteiger partial charge in [-0.25, -0.2) is 8.42 Å². The summed E-state index contributed by atoms with van der Waals surface area (Å²) >= 11 is 0. The van der Waals surface area contributed by atoms with Gasteiger partial charge in [0.2, 0.25) is 0 Å². The largest absolute Gasteiger partial charge is 0.748 e. The average Bonchev–Trinajstić information content (AvgIpc) is 3.27. The van der Waals surface area contributed by atoms with Gasteiger partial charge < -0.3 is 13.9 Å². The Morgan fingerprint density at radius 2 is 0.972 bits per heavy atom. The molecule has 0 spiro atoms. The summed E-state index contributed by atoms with van der Waals surface area (Å²) in [4.78, 5) is 2.36. The van der Waals surface area contributed by atoms with E-state index in [1.165, 1.54) is 38.8 Å². The van der Waals surface area contributed by atoms with Crippen LogP contribution in [0.4, 0.5) is 0 Å². The van der Waals surface area contributed by atoms with Crippen LogP contribution in [0.5, 0.6) is 0 Å². The monoisotopic (exact) mass is 606 g/mol. The first-order chi connectivity index (χ1) is 16.0. The van der Waals surface area contributed by atoms with Crippen molar-refractivity contribution in [2.24, 2.45) is 0 Å². The zero-order valence-electron chi connectivity index (χ0n) is 21.9. The molecule has 0 aliphatic carbocycles. The summed E-state index contributed by atoms with van der Waals surface area (Å²) in [5.74, 6) is 0. The van der Waals surface area contributed by atoms with Crippen LogP contribution < -0.4 is 0 Å². The third kappa shape index (κ3) is 33.6. The molecule has 0 bridgehead atoms. The van der Waals surface area contributed by atoms with Crippen LogP contribution in [0.2, 0.25) is 0 Å². The molecule has 2 heterocycles. The van der Waals surface area contributed by atoms with Gasteiger partial charge in [0.1, 0.15) is 13.2 Å². The molecule has 0 aromatic carbocycles. The maximum absolute atomic E-state index is 10.7. The zero-order valence-corrected chi connectivity index (χ0v) is 25.2. The fourth-order valence-electron chi connectivity index (χ4n) is 2.98. The van der Waals surface area contributed by atoms with E-state index in [4.69, 9.17) is 17.2 Å². The van der Waals surface area contributed by atoms with Crippen LogP contribution in [0.15, 0.2) is 0 Å². The highest BCUT2D eigenvalue weighted by atomic mass is 32.2. The van der Waals surface area contributed by atoms with Gasteiger partial charge >= 0.3 is 0 Å². The van der Waals surface area contributed by atoms with Gasteiger partial charge in [-0.15, -0.1) is 0 Å². The van der Waals surface area contributed by atoms with Crippen molar-refractivity contribution in [1.82, 2.24) is 4.90 Å². The molecule has 18 heteroatoms. The second-order valence-corrected chi connectivity index (χ2v) is 15.1. The third-order valence-electron chi connectivity index (χ3n) is 4.58. The Balaban J connectivity index is 0. The van der Waals surface area contributed by atoms with Crippen molar-refractivity contribution < 1.29 is 55.3 Å². The summed E-state index contributed by atoms with van der Waals surface area (Å²) in [5, 5.41) is 0. The number of likely N-dealkylation sites (N-methyl/N-ethyl adjacent to an activating group) is 1. The molecular formula is C18H42N2O12S4. The van der Waals surface area contributed by atoms with Gasteiger partial charge in [-0.1, -0.05) is 0 Å². The fourth-order valence-corrected chi connectivity index (χ4v) is 4.10.